The van der Waals surface area contributed by atoms with Gasteiger partial charge >= 0.3 is 6.18 Å². The van der Waals surface area contributed by atoms with Gasteiger partial charge in [0.15, 0.2) is 5.82 Å². The molecule has 0 atom stereocenters. The first-order valence-electron chi connectivity index (χ1n) is 9.42. The second-order valence-electron chi connectivity index (χ2n) is 7.33. The summed E-state index contributed by atoms with van der Waals surface area (Å²) in [4.78, 5) is 16.3. The van der Waals surface area contributed by atoms with Crippen LogP contribution in [-0.2, 0) is 17.4 Å². The number of nitrogens with zero attached hydrogens (tertiary/aromatic N) is 4. The molecule has 8 heteroatoms. The molecule has 2 heterocycles. The van der Waals surface area contributed by atoms with Gasteiger partial charge in [-0.15, -0.1) is 5.10 Å². The molecule has 2 fully saturated rings. The van der Waals surface area contributed by atoms with Gasteiger partial charge in [0.05, 0.1) is 17.7 Å². The van der Waals surface area contributed by atoms with Crippen molar-refractivity contribution in [1.82, 2.24) is 15.1 Å². The van der Waals surface area contributed by atoms with Crippen LogP contribution in [0.25, 0.3) is 0 Å². The number of alkyl halides is 3. The van der Waals surface area contributed by atoms with Crippen molar-refractivity contribution in [2.45, 2.75) is 31.4 Å². The molecule has 1 saturated carbocycles. The van der Waals surface area contributed by atoms with Gasteiger partial charge in [0, 0.05) is 32.1 Å². The molecule has 4 rings (SSSR count). The number of aromatic nitrogens is 2. The number of carbonyl (C=O) groups is 1. The molecule has 0 unspecified atom stereocenters. The first kappa shape index (κ1) is 18.7. The molecule has 0 radical (unpaired) electrons. The summed E-state index contributed by atoms with van der Waals surface area (Å²) in [7, 11) is 0. The predicted molar refractivity (Wildman–Crippen MR) is 97.9 cm³/mol. The van der Waals surface area contributed by atoms with E-state index in [0.717, 1.165) is 23.6 Å². The zero-order chi connectivity index (χ0) is 19.7. The molecule has 2 aromatic rings. The van der Waals surface area contributed by atoms with Crippen molar-refractivity contribution < 1.29 is 18.0 Å². The van der Waals surface area contributed by atoms with E-state index in [1.165, 1.54) is 18.9 Å². The highest BCUT2D eigenvalue weighted by molar-refractivity contribution is 5.79. The minimum absolute atomic E-state index is 0.0280. The standard InChI is InChI=1S/C20H21F3N4O/c21-20(22,23)16-3-1-2-14(12-16)13-19(28)27-10-8-26(9-11-27)18-7-6-17(24-25-18)15-4-5-15/h1-3,6-7,12,15H,4-5,8-11,13H2. The van der Waals surface area contributed by atoms with Gasteiger partial charge in [0.25, 0.3) is 0 Å². The first-order chi connectivity index (χ1) is 13.4. The average molecular weight is 390 g/mol. The Balaban J connectivity index is 1.32. The lowest BCUT2D eigenvalue weighted by Gasteiger charge is -2.35. The van der Waals surface area contributed by atoms with Crippen LogP contribution in [0.3, 0.4) is 0 Å². The van der Waals surface area contributed by atoms with E-state index in [0.29, 0.717) is 37.7 Å². The maximum atomic E-state index is 12.8. The van der Waals surface area contributed by atoms with E-state index in [1.807, 2.05) is 12.1 Å². The van der Waals surface area contributed by atoms with Crippen molar-refractivity contribution in [3.63, 3.8) is 0 Å². The van der Waals surface area contributed by atoms with Gasteiger partial charge in [0.2, 0.25) is 5.91 Å². The lowest BCUT2D eigenvalue weighted by Crippen LogP contribution is -2.49. The third kappa shape index (κ3) is 4.26. The molecule has 1 aromatic carbocycles. The van der Waals surface area contributed by atoms with Crippen LogP contribution in [0.4, 0.5) is 19.0 Å². The third-order valence-electron chi connectivity index (χ3n) is 5.23. The minimum Gasteiger partial charge on any atom is -0.352 e. The molecule has 2 aliphatic rings. The molecule has 5 nitrogen and oxygen atoms in total. The predicted octanol–water partition coefficient (Wildman–Crippen LogP) is 3.26. The number of benzene rings is 1. The zero-order valence-corrected chi connectivity index (χ0v) is 15.3. The van der Waals surface area contributed by atoms with Crippen LogP contribution in [0.5, 0.6) is 0 Å². The van der Waals surface area contributed by atoms with Crippen LogP contribution in [0.1, 0.15) is 35.6 Å². The molecule has 0 bridgehead atoms. The van der Waals surface area contributed by atoms with Crippen LogP contribution in [0.2, 0.25) is 0 Å². The summed E-state index contributed by atoms with van der Waals surface area (Å²) in [6, 6.07) is 8.95. The summed E-state index contributed by atoms with van der Waals surface area (Å²) in [5.74, 6) is 1.20. The lowest BCUT2D eigenvalue weighted by atomic mass is 10.1. The molecule has 1 aliphatic heterocycles. The van der Waals surface area contributed by atoms with Crippen LogP contribution in [-0.4, -0.2) is 47.2 Å². The highest BCUT2D eigenvalue weighted by Gasteiger charge is 2.31. The fourth-order valence-corrected chi connectivity index (χ4v) is 3.43. The summed E-state index contributed by atoms with van der Waals surface area (Å²) in [6.07, 6.45) is -2.07. The van der Waals surface area contributed by atoms with E-state index in [9.17, 15) is 18.0 Å². The van der Waals surface area contributed by atoms with Crippen molar-refractivity contribution in [2.24, 2.45) is 0 Å². The van der Waals surface area contributed by atoms with E-state index in [1.54, 1.807) is 11.0 Å². The van der Waals surface area contributed by atoms with Gasteiger partial charge in [0.1, 0.15) is 0 Å². The van der Waals surface area contributed by atoms with Crippen LogP contribution in [0.15, 0.2) is 36.4 Å². The number of rotatable bonds is 4. The molecule has 28 heavy (non-hydrogen) atoms. The summed E-state index contributed by atoms with van der Waals surface area (Å²) in [6.45, 7) is 2.30. The van der Waals surface area contributed by atoms with Crippen molar-refractivity contribution in [2.75, 3.05) is 31.1 Å². The molecule has 148 valence electrons. The van der Waals surface area contributed by atoms with Gasteiger partial charge < -0.3 is 9.80 Å². The fraction of sp³-hybridized carbons (Fsp3) is 0.450. The highest BCUT2D eigenvalue weighted by atomic mass is 19.4. The van der Waals surface area contributed by atoms with Crippen LogP contribution < -0.4 is 4.90 Å². The summed E-state index contributed by atoms with van der Waals surface area (Å²) >= 11 is 0. The molecular weight excluding hydrogens is 369 g/mol. The molecule has 1 aliphatic carbocycles. The van der Waals surface area contributed by atoms with E-state index >= 15 is 0 Å². The smallest absolute Gasteiger partial charge is 0.352 e. The summed E-state index contributed by atoms with van der Waals surface area (Å²) in [5.41, 5.74) is 0.693. The minimum atomic E-state index is -4.40. The quantitative estimate of drug-likeness (QED) is 0.804. The number of halogens is 3. The first-order valence-corrected chi connectivity index (χ1v) is 9.42. The highest BCUT2D eigenvalue weighted by Crippen LogP contribution is 2.38. The Hall–Kier alpha value is -2.64. The van der Waals surface area contributed by atoms with E-state index in [-0.39, 0.29) is 12.3 Å². The van der Waals surface area contributed by atoms with Crippen molar-refractivity contribution in [3.05, 3.63) is 53.2 Å². The Kier molecular flexibility index (Phi) is 4.95. The third-order valence-corrected chi connectivity index (χ3v) is 5.23. The summed E-state index contributed by atoms with van der Waals surface area (Å²) < 4.78 is 38.5. The fourth-order valence-electron chi connectivity index (χ4n) is 3.43. The Morgan fingerprint density at radius 1 is 1.04 bits per heavy atom. The monoisotopic (exact) mass is 390 g/mol. The van der Waals surface area contributed by atoms with Gasteiger partial charge in [-0.1, -0.05) is 18.2 Å². The second kappa shape index (κ2) is 7.41. The number of anilines is 1. The zero-order valence-electron chi connectivity index (χ0n) is 15.3. The van der Waals surface area contributed by atoms with E-state index in [2.05, 4.69) is 15.1 Å². The summed E-state index contributed by atoms with van der Waals surface area (Å²) in [5, 5.41) is 8.59. The Labute approximate surface area is 161 Å². The van der Waals surface area contributed by atoms with Crippen molar-refractivity contribution >= 4 is 11.7 Å². The topological polar surface area (TPSA) is 49.3 Å². The van der Waals surface area contributed by atoms with Gasteiger partial charge in [-0.05, 0) is 36.6 Å². The van der Waals surface area contributed by atoms with Gasteiger partial charge in [-0.25, -0.2) is 0 Å². The Bertz CT molecular complexity index is 841. The Morgan fingerprint density at radius 2 is 1.79 bits per heavy atom. The number of hydrogen-bond acceptors (Lipinski definition) is 4. The van der Waals surface area contributed by atoms with Crippen LogP contribution >= 0.6 is 0 Å². The van der Waals surface area contributed by atoms with Crippen LogP contribution in [0, 0.1) is 0 Å². The molecule has 1 aromatic heterocycles. The number of piperazine rings is 1. The van der Waals surface area contributed by atoms with E-state index < -0.39 is 11.7 Å². The van der Waals surface area contributed by atoms with E-state index in [4.69, 9.17) is 0 Å². The maximum absolute atomic E-state index is 12.8. The molecule has 1 saturated heterocycles. The second-order valence-corrected chi connectivity index (χ2v) is 7.33. The Morgan fingerprint density at radius 3 is 2.39 bits per heavy atom. The SMILES string of the molecule is O=C(Cc1cccc(C(F)(F)F)c1)N1CCN(c2ccc(C3CC3)nn2)CC1. The number of hydrogen-bond donors (Lipinski definition) is 0. The van der Waals surface area contributed by atoms with Crippen molar-refractivity contribution in [3.8, 4) is 0 Å². The largest absolute Gasteiger partial charge is 0.416 e. The van der Waals surface area contributed by atoms with Gasteiger partial charge in [-0.3, -0.25) is 4.79 Å². The maximum Gasteiger partial charge on any atom is 0.416 e. The molecular formula is C20H21F3N4O. The molecule has 1 amide bonds. The molecule has 0 N–H and O–H groups in total. The number of amides is 1. The van der Waals surface area contributed by atoms with Gasteiger partial charge in [-0.2, -0.15) is 18.3 Å². The number of carbonyl (C=O) groups excluding carboxylic acids is 1. The van der Waals surface area contributed by atoms with Crippen molar-refractivity contribution in [1.29, 1.82) is 0 Å². The normalized spacial score (nSPS) is 17.7. The average Bonchev–Trinajstić information content (AvgIpc) is 3.53. The lowest BCUT2D eigenvalue weighted by molar-refractivity contribution is -0.138. The molecule has 0 spiro atoms.